The Morgan fingerprint density at radius 2 is 1.72 bits per heavy atom. The summed E-state index contributed by atoms with van der Waals surface area (Å²) in [7, 11) is 0. The third kappa shape index (κ3) is 4.31. The van der Waals surface area contributed by atoms with E-state index in [0.29, 0.717) is 6.42 Å². The number of phenols is 1. The molecule has 1 fully saturated rings. The van der Waals surface area contributed by atoms with Crippen molar-refractivity contribution in [3.63, 3.8) is 0 Å². The number of likely N-dealkylation sites (tertiary alicyclic amines) is 1. The van der Waals surface area contributed by atoms with Gasteiger partial charge in [-0.1, -0.05) is 18.6 Å². The van der Waals surface area contributed by atoms with Crippen molar-refractivity contribution in [1.29, 1.82) is 0 Å². The molecule has 1 saturated heterocycles. The number of aromatic hydroxyl groups is 1. The van der Waals surface area contributed by atoms with Crippen molar-refractivity contribution in [3.8, 4) is 5.75 Å². The van der Waals surface area contributed by atoms with Crippen LogP contribution in [0.5, 0.6) is 5.75 Å². The second-order valence-electron chi connectivity index (χ2n) is 5.22. The normalized spacial score (nSPS) is 18.7. The Balaban J connectivity index is 1.71. The monoisotopic (exact) mass is 249 g/mol. The fraction of sp³-hybridized carbons (Fsp3) is 0.600. The van der Waals surface area contributed by atoms with Gasteiger partial charge in [0.1, 0.15) is 5.75 Å². The number of nitrogens with zero attached hydrogens (tertiary/aromatic N) is 1. The zero-order chi connectivity index (χ0) is 12.8. The highest BCUT2D eigenvalue weighted by molar-refractivity contribution is 5.26. The number of rotatable bonds is 5. The first kappa shape index (κ1) is 13.4. The van der Waals surface area contributed by atoms with Gasteiger partial charge >= 0.3 is 0 Å². The molecule has 2 rings (SSSR count). The van der Waals surface area contributed by atoms with Crippen molar-refractivity contribution >= 4 is 0 Å². The molecule has 0 spiro atoms. The summed E-state index contributed by atoms with van der Waals surface area (Å²) in [6.07, 6.45) is 5.18. The highest BCUT2D eigenvalue weighted by Crippen LogP contribution is 2.14. The van der Waals surface area contributed by atoms with Gasteiger partial charge in [0.15, 0.2) is 0 Å². The van der Waals surface area contributed by atoms with Crippen molar-refractivity contribution in [2.24, 2.45) is 0 Å². The zero-order valence-electron chi connectivity index (χ0n) is 10.9. The maximum absolute atomic E-state index is 10.0. The molecule has 0 aliphatic carbocycles. The van der Waals surface area contributed by atoms with Gasteiger partial charge in [-0.05, 0) is 56.5 Å². The minimum Gasteiger partial charge on any atom is -0.508 e. The Hall–Kier alpha value is -1.06. The SMILES string of the molecule is Oc1ccc(CC(O)CCN2CCCCC2)cc1. The molecule has 1 aliphatic rings. The molecule has 3 nitrogen and oxygen atoms in total. The third-order valence-corrected chi connectivity index (χ3v) is 3.63. The molecule has 0 bridgehead atoms. The number of piperidine rings is 1. The first-order valence-corrected chi connectivity index (χ1v) is 6.92. The quantitative estimate of drug-likeness (QED) is 0.840. The van der Waals surface area contributed by atoms with Gasteiger partial charge in [0, 0.05) is 6.54 Å². The van der Waals surface area contributed by atoms with Crippen LogP contribution in [-0.2, 0) is 6.42 Å². The molecule has 0 amide bonds. The van der Waals surface area contributed by atoms with E-state index in [-0.39, 0.29) is 11.9 Å². The van der Waals surface area contributed by atoms with E-state index in [1.807, 2.05) is 12.1 Å². The van der Waals surface area contributed by atoms with Crippen LogP contribution in [0, 0.1) is 0 Å². The van der Waals surface area contributed by atoms with Crippen molar-refractivity contribution in [2.75, 3.05) is 19.6 Å². The molecule has 2 N–H and O–H groups in total. The van der Waals surface area contributed by atoms with Crippen LogP contribution in [0.1, 0.15) is 31.2 Å². The first-order chi connectivity index (χ1) is 8.74. The largest absolute Gasteiger partial charge is 0.508 e. The molecule has 0 radical (unpaired) electrons. The van der Waals surface area contributed by atoms with Gasteiger partial charge in [-0.15, -0.1) is 0 Å². The summed E-state index contributed by atoms with van der Waals surface area (Å²) in [6.45, 7) is 3.37. The second kappa shape index (κ2) is 6.76. The van der Waals surface area contributed by atoms with Crippen LogP contribution in [-0.4, -0.2) is 40.9 Å². The summed E-state index contributed by atoms with van der Waals surface area (Å²) in [5.74, 6) is 0.279. The lowest BCUT2D eigenvalue weighted by Gasteiger charge is -2.27. The lowest BCUT2D eigenvalue weighted by Crippen LogP contribution is -2.32. The first-order valence-electron chi connectivity index (χ1n) is 6.92. The standard InChI is InChI=1S/C15H23NO2/c17-14-6-4-13(5-7-14)12-15(18)8-11-16-9-2-1-3-10-16/h4-7,15,17-18H,1-3,8-12H2. The molecule has 1 aromatic rings. The van der Waals surface area contributed by atoms with Crippen molar-refractivity contribution < 1.29 is 10.2 Å². The Bertz CT molecular complexity index is 344. The average molecular weight is 249 g/mol. The molecule has 1 aliphatic heterocycles. The molecule has 18 heavy (non-hydrogen) atoms. The van der Waals surface area contributed by atoms with Crippen LogP contribution < -0.4 is 0 Å². The lowest BCUT2D eigenvalue weighted by atomic mass is 10.0. The Kier molecular flexibility index (Phi) is 5.02. The van der Waals surface area contributed by atoms with Gasteiger partial charge < -0.3 is 15.1 Å². The minimum absolute atomic E-state index is 0.279. The van der Waals surface area contributed by atoms with E-state index in [1.165, 1.54) is 32.4 Å². The molecule has 1 unspecified atom stereocenters. The van der Waals surface area contributed by atoms with Gasteiger partial charge in [-0.3, -0.25) is 0 Å². The third-order valence-electron chi connectivity index (χ3n) is 3.63. The number of phenolic OH excluding ortho intramolecular Hbond substituents is 1. The highest BCUT2D eigenvalue weighted by Gasteiger charge is 2.12. The number of hydrogen-bond donors (Lipinski definition) is 2. The summed E-state index contributed by atoms with van der Waals surface area (Å²) in [4.78, 5) is 2.45. The Labute approximate surface area is 109 Å². The molecule has 1 atom stereocenters. The molecule has 0 saturated carbocycles. The van der Waals surface area contributed by atoms with Crippen LogP contribution in [0.25, 0.3) is 0 Å². The van der Waals surface area contributed by atoms with Gasteiger partial charge in [0.25, 0.3) is 0 Å². The number of aliphatic hydroxyl groups is 1. The van der Waals surface area contributed by atoms with Crippen molar-refractivity contribution in [1.82, 2.24) is 4.90 Å². The molecule has 0 aromatic heterocycles. The predicted octanol–water partition coefficient (Wildman–Crippen LogP) is 2.17. The topological polar surface area (TPSA) is 43.7 Å². The molecular weight excluding hydrogens is 226 g/mol. The summed E-state index contributed by atoms with van der Waals surface area (Å²) in [5, 5.41) is 19.2. The van der Waals surface area contributed by atoms with Gasteiger partial charge in [0.2, 0.25) is 0 Å². The van der Waals surface area contributed by atoms with E-state index < -0.39 is 0 Å². The number of aliphatic hydroxyl groups excluding tert-OH is 1. The van der Waals surface area contributed by atoms with Gasteiger partial charge in [-0.2, -0.15) is 0 Å². The Morgan fingerprint density at radius 3 is 2.39 bits per heavy atom. The van der Waals surface area contributed by atoms with Crippen LogP contribution in [0.15, 0.2) is 24.3 Å². The van der Waals surface area contributed by atoms with E-state index in [2.05, 4.69) is 4.90 Å². The van der Waals surface area contributed by atoms with Crippen molar-refractivity contribution in [3.05, 3.63) is 29.8 Å². The number of benzene rings is 1. The van der Waals surface area contributed by atoms with Crippen LogP contribution in [0.4, 0.5) is 0 Å². The van der Waals surface area contributed by atoms with Crippen LogP contribution in [0.2, 0.25) is 0 Å². The number of hydrogen-bond acceptors (Lipinski definition) is 3. The van der Waals surface area contributed by atoms with Gasteiger partial charge in [0.05, 0.1) is 6.10 Å². The maximum atomic E-state index is 10.0. The fourth-order valence-electron chi connectivity index (χ4n) is 2.52. The van der Waals surface area contributed by atoms with E-state index in [9.17, 15) is 10.2 Å². The van der Waals surface area contributed by atoms with E-state index in [4.69, 9.17) is 0 Å². The summed E-state index contributed by atoms with van der Waals surface area (Å²) >= 11 is 0. The molecule has 1 aromatic carbocycles. The lowest BCUT2D eigenvalue weighted by molar-refractivity contribution is 0.133. The van der Waals surface area contributed by atoms with E-state index >= 15 is 0 Å². The van der Waals surface area contributed by atoms with Gasteiger partial charge in [-0.25, -0.2) is 0 Å². The summed E-state index contributed by atoms with van der Waals surface area (Å²) in [6, 6.07) is 7.10. The smallest absolute Gasteiger partial charge is 0.115 e. The minimum atomic E-state index is -0.281. The predicted molar refractivity (Wildman–Crippen MR) is 72.7 cm³/mol. The molecule has 1 heterocycles. The van der Waals surface area contributed by atoms with Crippen molar-refractivity contribution in [2.45, 2.75) is 38.2 Å². The molecular formula is C15H23NO2. The molecule has 3 heteroatoms. The average Bonchev–Trinajstić information content (AvgIpc) is 2.40. The maximum Gasteiger partial charge on any atom is 0.115 e. The summed E-state index contributed by atoms with van der Waals surface area (Å²) in [5.41, 5.74) is 1.08. The highest BCUT2D eigenvalue weighted by atomic mass is 16.3. The van der Waals surface area contributed by atoms with E-state index in [1.54, 1.807) is 12.1 Å². The van der Waals surface area contributed by atoms with Crippen LogP contribution in [0.3, 0.4) is 0 Å². The van der Waals surface area contributed by atoms with Crippen LogP contribution >= 0.6 is 0 Å². The molecule has 100 valence electrons. The zero-order valence-corrected chi connectivity index (χ0v) is 10.9. The fourth-order valence-corrected chi connectivity index (χ4v) is 2.52. The summed E-state index contributed by atoms with van der Waals surface area (Å²) < 4.78 is 0. The van der Waals surface area contributed by atoms with E-state index in [0.717, 1.165) is 18.5 Å². The Morgan fingerprint density at radius 1 is 1.06 bits per heavy atom. The second-order valence-corrected chi connectivity index (χ2v) is 5.22.